The molecule has 37 heavy (non-hydrogen) atoms. The van der Waals surface area contributed by atoms with Crippen LogP contribution >= 0.6 is 34.5 Å². The standard InChI is InChI=1S/C27H23Cl2N3O4S/c1-34-26(33)14-7-8-20-21(9-14)37-27(30-20)32-10-15-16(11-32)25(15)35-12-17-23(31-36-24(17)13-5-6-13)22-18(28)3-2-4-19(22)29/h2-4,7-9,13,15-16,25H,5-6,10-12H2,1H3. The van der Waals surface area contributed by atoms with Crippen molar-refractivity contribution in [3.63, 3.8) is 0 Å². The minimum absolute atomic E-state index is 0.202. The maximum atomic E-state index is 11.9. The molecule has 2 atom stereocenters. The van der Waals surface area contributed by atoms with Crippen molar-refractivity contribution in [2.45, 2.75) is 31.5 Å². The van der Waals surface area contributed by atoms with Crippen molar-refractivity contribution < 1.29 is 18.8 Å². The minimum atomic E-state index is -0.336. The molecule has 2 aromatic carbocycles. The van der Waals surface area contributed by atoms with Gasteiger partial charge in [0.1, 0.15) is 11.5 Å². The van der Waals surface area contributed by atoms with Crippen LogP contribution in [0.2, 0.25) is 10.0 Å². The number of rotatable bonds is 7. The number of halogens is 2. The van der Waals surface area contributed by atoms with Crippen molar-refractivity contribution in [3.8, 4) is 11.3 Å². The summed E-state index contributed by atoms with van der Waals surface area (Å²) in [6.07, 6.45) is 2.41. The van der Waals surface area contributed by atoms with Crippen LogP contribution < -0.4 is 4.90 Å². The third-order valence-corrected chi connectivity index (χ3v) is 9.28. The van der Waals surface area contributed by atoms with Crippen LogP contribution in [0.15, 0.2) is 40.9 Å². The number of fused-ring (bicyclic) bond motifs is 2. The number of piperidine rings is 1. The van der Waals surface area contributed by atoms with Crippen LogP contribution in [0.4, 0.5) is 5.13 Å². The Morgan fingerprint density at radius 1 is 1.16 bits per heavy atom. The molecule has 2 aliphatic carbocycles. The molecule has 7 nitrogen and oxygen atoms in total. The van der Waals surface area contributed by atoms with E-state index in [9.17, 15) is 4.79 Å². The van der Waals surface area contributed by atoms with E-state index in [1.165, 1.54) is 7.11 Å². The van der Waals surface area contributed by atoms with E-state index in [0.29, 0.717) is 51.2 Å². The van der Waals surface area contributed by atoms with Gasteiger partial charge in [0.05, 0.1) is 45.6 Å². The lowest BCUT2D eigenvalue weighted by molar-refractivity contribution is 0.0601. The predicted molar refractivity (Wildman–Crippen MR) is 143 cm³/mol. The van der Waals surface area contributed by atoms with Crippen molar-refractivity contribution >= 4 is 55.9 Å². The molecule has 2 saturated carbocycles. The molecule has 3 aliphatic rings. The highest BCUT2D eigenvalue weighted by Crippen LogP contribution is 2.51. The number of thiazole rings is 1. The Kier molecular flexibility index (Phi) is 5.69. The smallest absolute Gasteiger partial charge is 0.337 e. The molecule has 0 radical (unpaired) electrons. The number of anilines is 1. The monoisotopic (exact) mass is 555 g/mol. The number of hydrogen-bond donors (Lipinski definition) is 0. The Bertz CT molecular complexity index is 1500. The maximum Gasteiger partial charge on any atom is 0.337 e. The van der Waals surface area contributed by atoms with Gasteiger partial charge in [0.2, 0.25) is 0 Å². The highest BCUT2D eigenvalue weighted by atomic mass is 35.5. The van der Waals surface area contributed by atoms with E-state index in [1.807, 2.05) is 30.3 Å². The molecular formula is C27H23Cl2N3O4S. The summed E-state index contributed by atoms with van der Waals surface area (Å²) in [5.74, 6) is 1.90. The lowest BCUT2D eigenvalue weighted by Crippen LogP contribution is -2.25. The molecule has 10 heteroatoms. The van der Waals surface area contributed by atoms with Crippen LogP contribution in [0.5, 0.6) is 0 Å². The van der Waals surface area contributed by atoms with Gasteiger partial charge in [0.25, 0.3) is 0 Å². The predicted octanol–water partition coefficient (Wildman–Crippen LogP) is 6.57. The first-order valence-electron chi connectivity index (χ1n) is 12.3. The molecule has 7 rings (SSSR count). The van der Waals surface area contributed by atoms with Crippen molar-refractivity contribution in [2.75, 3.05) is 25.1 Å². The number of hydrogen-bond acceptors (Lipinski definition) is 8. The molecule has 0 spiro atoms. The van der Waals surface area contributed by atoms with E-state index in [0.717, 1.165) is 52.6 Å². The van der Waals surface area contributed by atoms with Crippen LogP contribution in [0.1, 0.15) is 40.4 Å². The zero-order valence-corrected chi connectivity index (χ0v) is 22.3. The summed E-state index contributed by atoms with van der Waals surface area (Å²) in [5.41, 5.74) is 3.79. The van der Waals surface area contributed by atoms with Crippen LogP contribution in [-0.2, 0) is 16.1 Å². The lowest BCUT2D eigenvalue weighted by Gasteiger charge is -2.19. The SMILES string of the molecule is COC(=O)c1ccc2nc(N3CC4C(C3)C4OCc3c(-c4c(Cl)cccc4Cl)noc3C3CC3)sc2c1. The molecule has 1 aliphatic heterocycles. The Morgan fingerprint density at radius 3 is 2.62 bits per heavy atom. The second-order valence-corrected chi connectivity index (χ2v) is 11.7. The van der Waals surface area contributed by atoms with Gasteiger partial charge in [0.15, 0.2) is 5.13 Å². The summed E-state index contributed by atoms with van der Waals surface area (Å²) in [6.45, 7) is 2.24. The van der Waals surface area contributed by atoms with E-state index in [1.54, 1.807) is 17.4 Å². The van der Waals surface area contributed by atoms with Gasteiger partial charge in [-0.3, -0.25) is 0 Å². The summed E-state index contributed by atoms with van der Waals surface area (Å²) >= 11 is 14.6. The lowest BCUT2D eigenvalue weighted by atomic mass is 10.0. The second kappa shape index (κ2) is 8.98. The maximum absolute atomic E-state index is 11.9. The molecule has 3 fully saturated rings. The van der Waals surface area contributed by atoms with Gasteiger partial charge in [-0.1, -0.05) is 45.8 Å². The van der Waals surface area contributed by atoms with Crippen molar-refractivity contribution in [1.29, 1.82) is 0 Å². The largest absolute Gasteiger partial charge is 0.465 e. The molecular weight excluding hydrogens is 533 g/mol. The molecule has 1 saturated heterocycles. The van der Waals surface area contributed by atoms with Gasteiger partial charge < -0.3 is 18.9 Å². The molecule has 0 bridgehead atoms. The van der Waals surface area contributed by atoms with Gasteiger partial charge >= 0.3 is 5.97 Å². The fourth-order valence-electron chi connectivity index (χ4n) is 5.40. The summed E-state index contributed by atoms with van der Waals surface area (Å²) in [6, 6.07) is 10.9. The Labute approximate surface area is 227 Å². The number of methoxy groups -OCH3 is 1. The summed E-state index contributed by atoms with van der Waals surface area (Å²) < 4.78 is 18.0. The molecule has 0 amide bonds. The Hall–Kier alpha value is -2.65. The van der Waals surface area contributed by atoms with Gasteiger partial charge in [0, 0.05) is 42.0 Å². The molecule has 2 aromatic heterocycles. The van der Waals surface area contributed by atoms with Gasteiger partial charge in [-0.25, -0.2) is 9.78 Å². The van der Waals surface area contributed by atoms with Crippen molar-refractivity contribution in [2.24, 2.45) is 11.8 Å². The quantitative estimate of drug-likeness (QED) is 0.238. The second-order valence-electron chi connectivity index (χ2n) is 9.92. The zero-order chi connectivity index (χ0) is 25.3. The van der Waals surface area contributed by atoms with Crippen LogP contribution in [-0.4, -0.2) is 42.4 Å². The Balaban J connectivity index is 1.05. The molecule has 190 valence electrons. The van der Waals surface area contributed by atoms with Crippen LogP contribution in [0.3, 0.4) is 0 Å². The van der Waals surface area contributed by atoms with E-state index in [-0.39, 0.29) is 12.1 Å². The Morgan fingerprint density at radius 2 is 1.92 bits per heavy atom. The minimum Gasteiger partial charge on any atom is -0.465 e. The first-order valence-corrected chi connectivity index (χ1v) is 13.9. The van der Waals surface area contributed by atoms with Gasteiger partial charge in [-0.05, 0) is 43.2 Å². The fraction of sp³-hybridized carbons (Fsp3) is 0.370. The summed E-state index contributed by atoms with van der Waals surface area (Å²) in [7, 11) is 1.39. The van der Waals surface area contributed by atoms with E-state index in [2.05, 4.69) is 10.1 Å². The fourth-order valence-corrected chi connectivity index (χ4v) is 7.00. The third kappa shape index (κ3) is 4.11. The van der Waals surface area contributed by atoms with E-state index < -0.39 is 0 Å². The first-order chi connectivity index (χ1) is 18.0. The van der Waals surface area contributed by atoms with Crippen LogP contribution in [0, 0.1) is 11.8 Å². The number of nitrogens with zero attached hydrogens (tertiary/aromatic N) is 3. The normalized spacial score (nSPS) is 22.5. The van der Waals surface area contributed by atoms with Gasteiger partial charge in [-0.15, -0.1) is 0 Å². The van der Waals surface area contributed by atoms with Crippen molar-refractivity contribution in [3.05, 3.63) is 63.3 Å². The highest BCUT2D eigenvalue weighted by molar-refractivity contribution is 7.22. The van der Waals surface area contributed by atoms with Crippen LogP contribution in [0.25, 0.3) is 21.5 Å². The summed E-state index contributed by atoms with van der Waals surface area (Å²) in [5, 5.41) is 6.45. The number of aromatic nitrogens is 2. The third-order valence-electron chi connectivity index (χ3n) is 7.57. The average Bonchev–Trinajstić information content (AvgIpc) is 3.66. The topological polar surface area (TPSA) is 77.7 Å². The highest BCUT2D eigenvalue weighted by Gasteiger charge is 2.57. The number of ether oxygens (including phenoxy) is 2. The number of carbonyl (C=O) groups excluding carboxylic acids is 1. The van der Waals surface area contributed by atoms with Crippen molar-refractivity contribution in [1.82, 2.24) is 10.1 Å². The molecule has 4 aromatic rings. The number of benzene rings is 2. The number of carbonyl (C=O) groups is 1. The van der Waals surface area contributed by atoms with E-state index >= 15 is 0 Å². The summed E-state index contributed by atoms with van der Waals surface area (Å²) in [4.78, 5) is 19.0. The first kappa shape index (κ1) is 23.5. The molecule has 3 heterocycles. The van der Waals surface area contributed by atoms with Gasteiger partial charge in [-0.2, -0.15) is 0 Å². The molecule has 0 N–H and O–H groups in total. The number of esters is 1. The average molecular weight is 556 g/mol. The van der Waals surface area contributed by atoms with E-state index in [4.69, 9.17) is 42.2 Å². The molecule has 2 unspecified atom stereocenters. The zero-order valence-electron chi connectivity index (χ0n) is 19.9.